The third-order valence-corrected chi connectivity index (χ3v) is 3.81. The van der Waals surface area contributed by atoms with Crippen molar-refractivity contribution in [2.45, 2.75) is 20.4 Å². The Morgan fingerprint density at radius 1 is 1.19 bits per heavy atom. The van der Waals surface area contributed by atoms with Crippen molar-refractivity contribution >= 4 is 17.3 Å². The van der Waals surface area contributed by atoms with Crippen LogP contribution in [0.3, 0.4) is 0 Å². The molecule has 27 heavy (non-hydrogen) atoms. The first-order valence-corrected chi connectivity index (χ1v) is 8.33. The number of carbonyl (C=O) groups excluding carboxylic acids is 1. The zero-order valence-electron chi connectivity index (χ0n) is 14.9. The first-order valence-electron chi connectivity index (χ1n) is 8.33. The maximum Gasteiger partial charge on any atom is 0.276 e. The van der Waals surface area contributed by atoms with E-state index in [9.17, 15) is 14.9 Å². The number of rotatable bonds is 6. The van der Waals surface area contributed by atoms with E-state index in [0.717, 1.165) is 5.56 Å². The summed E-state index contributed by atoms with van der Waals surface area (Å²) >= 11 is 0. The second-order valence-corrected chi connectivity index (χ2v) is 5.90. The van der Waals surface area contributed by atoms with Crippen LogP contribution in [0.5, 0.6) is 11.5 Å². The Labute approximate surface area is 155 Å². The predicted octanol–water partition coefficient (Wildman–Crippen LogP) is 4.16. The lowest BCUT2D eigenvalue weighted by Crippen LogP contribution is -2.13. The molecule has 0 atom stereocenters. The summed E-state index contributed by atoms with van der Waals surface area (Å²) in [5.41, 5.74) is 1.36. The van der Waals surface area contributed by atoms with Crippen LogP contribution in [-0.2, 0) is 6.54 Å². The van der Waals surface area contributed by atoms with Crippen LogP contribution in [0.25, 0.3) is 0 Å². The van der Waals surface area contributed by atoms with Gasteiger partial charge in [-0.1, -0.05) is 17.7 Å². The zero-order valence-corrected chi connectivity index (χ0v) is 14.9. The van der Waals surface area contributed by atoms with Crippen LogP contribution in [-0.4, -0.2) is 20.6 Å². The number of nitrogens with zero attached hydrogens (tertiary/aromatic N) is 3. The lowest BCUT2D eigenvalue weighted by molar-refractivity contribution is -0.384. The third kappa shape index (κ3) is 4.49. The van der Waals surface area contributed by atoms with Crippen molar-refractivity contribution in [3.8, 4) is 11.5 Å². The van der Waals surface area contributed by atoms with E-state index in [0.29, 0.717) is 12.3 Å². The molecule has 0 radical (unpaired) electrons. The highest BCUT2D eigenvalue weighted by molar-refractivity contribution is 6.03. The molecule has 3 aromatic rings. The van der Waals surface area contributed by atoms with Crippen LogP contribution in [0.15, 0.2) is 54.7 Å². The summed E-state index contributed by atoms with van der Waals surface area (Å²) in [6.07, 6.45) is 1.69. The summed E-state index contributed by atoms with van der Waals surface area (Å²) in [7, 11) is 0. The number of non-ortho nitro benzene ring substituents is 1. The van der Waals surface area contributed by atoms with E-state index < -0.39 is 10.8 Å². The minimum absolute atomic E-state index is 0.186. The van der Waals surface area contributed by atoms with E-state index in [-0.39, 0.29) is 22.8 Å². The number of nitrogens with one attached hydrogen (secondary N) is 1. The van der Waals surface area contributed by atoms with Gasteiger partial charge in [0.05, 0.1) is 16.7 Å². The van der Waals surface area contributed by atoms with Crippen molar-refractivity contribution < 1.29 is 14.5 Å². The number of hydrogen-bond donors (Lipinski definition) is 1. The number of nitro benzene ring substituents is 1. The number of nitro groups is 1. The smallest absolute Gasteiger partial charge is 0.276 e. The van der Waals surface area contributed by atoms with E-state index >= 15 is 0 Å². The average molecular weight is 366 g/mol. The maximum atomic E-state index is 12.3. The highest BCUT2D eigenvalue weighted by Gasteiger charge is 2.15. The number of amides is 1. The Morgan fingerprint density at radius 2 is 1.93 bits per heavy atom. The highest BCUT2D eigenvalue weighted by Crippen LogP contribution is 2.30. The van der Waals surface area contributed by atoms with Crippen LogP contribution in [0.4, 0.5) is 11.4 Å². The summed E-state index contributed by atoms with van der Waals surface area (Å²) in [4.78, 5) is 23.0. The van der Waals surface area contributed by atoms with Crippen LogP contribution in [0, 0.1) is 17.0 Å². The molecular formula is C19H18N4O4. The van der Waals surface area contributed by atoms with Gasteiger partial charge in [0, 0.05) is 24.9 Å². The van der Waals surface area contributed by atoms with Gasteiger partial charge in [-0.3, -0.25) is 19.6 Å². The molecule has 0 fully saturated rings. The minimum Gasteiger partial charge on any atom is -0.457 e. The third-order valence-electron chi connectivity index (χ3n) is 3.81. The molecule has 0 aliphatic rings. The zero-order chi connectivity index (χ0) is 19.4. The number of anilines is 1. The molecule has 1 amide bonds. The second kappa shape index (κ2) is 7.69. The minimum atomic E-state index is -0.538. The molecule has 0 bridgehead atoms. The van der Waals surface area contributed by atoms with Gasteiger partial charge in [-0.2, -0.15) is 5.10 Å². The molecule has 0 aliphatic carbocycles. The van der Waals surface area contributed by atoms with Gasteiger partial charge in [-0.15, -0.1) is 0 Å². The Balaban J connectivity index is 1.85. The maximum absolute atomic E-state index is 12.3. The molecule has 3 rings (SSSR count). The van der Waals surface area contributed by atoms with Crippen molar-refractivity contribution in [1.82, 2.24) is 9.78 Å². The van der Waals surface area contributed by atoms with Crippen molar-refractivity contribution in [3.05, 3.63) is 76.1 Å². The van der Waals surface area contributed by atoms with E-state index in [4.69, 9.17) is 4.74 Å². The molecule has 0 saturated carbocycles. The molecule has 0 aliphatic heterocycles. The van der Waals surface area contributed by atoms with Gasteiger partial charge in [0.1, 0.15) is 11.5 Å². The molecule has 0 spiro atoms. The normalized spacial score (nSPS) is 10.4. The second-order valence-electron chi connectivity index (χ2n) is 5.90. The van der Waals surface area contributed by atoms with Crippen LogP contribution < -0.4 is 10.1 Å². The topological polar surface area (TPSA) is 99.3 Å². The van der Waals surface area contributed by atoms with E-state index in [1.807, 2.05) is 26.0 Å². The summed E-state index contributed by atoms with van der Waals surface area (Å²) in [6, 6.07) is 13.0. The average Bonchev–Trinajstić information content (AvgIpc) is 3.13. The molecule has 1 heterocycles. The van der Waals surface area contributed by atoms with Gasteiger partial charge in [-0.05, 0) is 32.0 Å². The predicted molar refractivity (Wildman–Crippen MR) is 100 cm³/mol. The fraction of sp³-hybridized carbons (Fsp3) is 0.158. The van der Waals surface area contributed by atoms with Crippen molar-refractivity contribution in [2.75, 3.05) is 5.32 Å². The fourth-order valence-electron chi connectivity index (χ4n) is 2.42. The van der Waals surface area contributed by atoms with Crippen molar-refractivity contribution in [2.24, 2.45) is 0 Å². The summed E-state index contributed by atoms with van der Waals surface area (Å²) < 4.78 is 7.32. The SMILES string of the molecule is CCn1ccc(C(=O)Nc2cc(Oc3ccc(C)cc3)cc([N+](=O)[O-])c2)n1. The number of aryl methyl sites for hydroxylation is 2. The number of benzene rings is 2. The fourth-order valence-corrected chi connectivity index (χ4v) is 2.42. The van der Waals surface area contributed by atoms with E-state index in [1.54, 1.807) is 29.1 Å². The standard InChI is InChI=1S/C19H18N4O4/c1-3-22-9-8-18(21-22)19(24)20-14-10-15(23(25)26)12-17(11-14)27-16-6-4-13(2)5-7-16/h4-12H,3H2,1-2H3,(H,20,24). The summed E-state index contributed by atoms with van der Waals surface area (Å²) in [6.45, 7) is 4.49. The molecule has 1 aromatic heterocycles. The van der Waals surface area contributed by atoms with Gasteiger partial charge in [-0.25, -0.2) is 0 Å². The van der Waals surface area contributed by atoms with Crippen LogP contribution in [0.1, 0.15) is 23.0 Å². The monoisotopic (exact) mass is 366 g/mol. The number of aromatic nitrogens is 2. The Kier molecular flexibility index (Phi) is 5.16. The van der Waals surface area contributed by atoms with Crippen LogP contribution >= 0.6 is 0 Å². The largest absolute Gasteiger partial charge is 0.457 e. The molecule has 0 unspecified atom stereocenters. The van der Waals surface area contributed by atoms with Crippen LogP contribution in [0.2, 0.25) is 0 Å². The Morgan fingerprint density at radius 3 is 2.56 bits per heavy atom. The van der Waals surface area contributed by atoms with E-state index in [1.165, 1.54) is 18.2 Å². The lowest BCUT2D eigenvalue weighted by atomic mass is 10.2. The molecule has 0 saturated heterocycles. The van der Waals surface area contributed by atoms with Gasteiger partial charge < -0.3 is 10.1 Å². The summed E-state index contributed by atoms with van der Waals surface area (Å²) in [5, 5.41) is 18.0. The van der Waals surface area contributed by atoms with Gasteiger partial charge in [0.2, 0.25) is 0 Å². The quantitative estimate of drug-likeness (QED) is 0.521. The van der Waals surface area contributed by atoms with Gasteiger partial charge >= 0.3 is 0 Å². The van der Waals surface area contributed by atoms with Gasteiger partial charge in [0.15, 0.2) is 5.69 Å². The van der Waals surface area contributed by atoms with Gasteiger partial charge in [0.25, 0.3) is 11.6 Å². The molecule has 8 nitrogen and oxygen atoms in total. The molecule has 1 N–H and O–H groups in total. The lowest BCUT2D eigenvalue weighted by Gasteiger charge is -2.09. The van der Waals surface area contributed by atoms with Crippen molar-refractivity contribution in [1.29, 1.82) is 0 Å². The molecular weight excluding hydrogens is 348 g/mol. The number of hydrogen-bond acceptors (Lipinski definition) is 5. The molecule has 138 valence electrons. The van der Waals surface area contributed by atoms with Crippen molar-refractivity contribution in [3.63, 3.8) is 0 Å². The number of carbonyl (C=O) groups is 1. The first-order chi connectivity index (χ1) is 12.9. The van der Waals surface area contributed by atoms with E-state index in [2.05, 4.69) is 10.4 Å². The highest BCUT2D eigenvalue weighted by atomic mass is 16.6. The summed E-state index contributed by atoms with van der Waals surface area (Å²) in [5.74, 6) is 0.339. The molecule has 2 aromatic carbocycles. The Bertz CT molecular complexity index is 980. The number of ether oxygens (including phenoxy) is 1. The molecule has 8 heteroatoms. The first kappa shape index (κ1) is 18.1. The Hall–Kier alpha value is -3.68.